The van der Waals surface area contributed by atoms with Crippen molar-refractivity contribution in [3.63, 3.8) is 0 Å². The molecular weight excluding hydrogens is 404 g/mol. The highest BCUT2D eigenvalue weighted by Gasteiger charge is 2.35. The standard InChI is InChI=1S/C26H24N2O2S/c29-25-24(17-19-11-13-22(14-12-19)27-15-4-1-5-16-27)31-26(30)28(25)18-21-9-6-8-20-7-2-3-10-23(20)21/h2-3,6-14,17H,1,4-5,15-16,18H2/b24-17-. The molecule has 2 heterocycles. The van der Waals surface area contributed by atoms with Crippen molar-refractivity contribution in [1.29, 1.82) is 0 Å². The number of carbonyl (C=O) groups is 2. The molecule has 3 aromatic rings. The lowest BCUT2D eigenvalue weighted by Crippen LogP contribution is -2.29. The van der Waals surface area contributed by atoms with Crippen molar-refractivity contribution >= 4 is 45.4 Å². The van der Waals surface area contributed by atoms with Crippen LogP contribution in [0, 0.1) is 0 Å². The zero-order chi connectivity index (χ0) is 21.2. The molecule has 0 saturated carbocycles. The monoisotopic (exact) mass is 428 g/mol. The summed E-state index contributed by atoms with van der Waals surface area (Å²) in [6.45, 7) is 2.50. The Balaban J connectivity index is 1.34. The summed E-state index contributed by atoms with van der Waals surface area (Å²) in [6, 6.07) is 22.3. The maximum Gasteiger partial charge on any atom is 0.293 e. The van der Waals surface area contributed by atoms with E-state index in [-0.39, 0.29) is 17.7 Å². The number of piperidine rings is 1. The molecule has 0 aliphatic carbocycles. The number of hydrogen-bond donors (Lipinski definition) is 0. The summed E-state index contributed by atoms with van der Waals surface area (Å²) in [5.74, 6) is -0.219. The van der Waals surface area contributed by atoms with Crippen LogP contribution in [-0.2, 0) is 11.3 Å². The predicted molar refractivity (Wildman–Crippen MR) is 128 cm³/mol. The number of anilines is 1. The fourth-order valence-electron chi connectivity index (χ4n) is 4.32. The molecule has 0 bridgehead atoms. The Kier molecular flexibility index (Phi) is 5.51. The second-order valence-electron chi connectivity index (χ2n) is 8.05. The number of thioether (sulfide) groups is 1. The first-order valence-corrected chi connectivity index (χ1v) is 11.6. The third kappa shape index (κ3) is 4.10. The van der Waals surface area contributed by atoms with Crippen molar-refractivity contribution in [2.75, 3.05) is 18.0 Å². The van der Waals surface area contributed by atoms with Crippen molar-refractivity contribution < 1.29 is 9.59 Å². The Morgan fingerprint density at radius 3 is 2.39 bits per heavy atom. The van der Waals surface area contributed by atoms with E-state index in [1.54, 1.807) is 0 Å². The van der Waals surface area contributed by atoms with Crippen molar-refractivity contribution in [3.05, 3.63) is 82.8 Å². The molecular formula is C26H24N2O2S. The molecule has 0 atom stereocenters. The highest BCUT2D eigenvalue weighted by molar-refractivity contribution is 8.18. The van der Waals surface area contributed by atoms with Crippen LogP contribution in [-0.4, -0.2) is 29.1 Å². The van der Waals surface area contributed by atoms with Gasteiger partial charge in [0.1, 0.15) is 0 Å². The van der Waals surface area contributed by atoms with Crippen molar-refractivity contribution in [2.24, 2.45) is 0 Å². The predicted octanol–water partition coefficient (Wildman–Crippen LogP) is 6.07. The van der Waals surface area contributed by atoms with Gasteiger partial charge < -0.3 is 4.90 Å². The van der Waals surface area contributed by atoms with Crippen LogP contribution in [0.2, 0.25) is 0 Å². The van der Waals surface area contributed by atoms with Crippen LogP contribution in [0.3, 0.4) is 0 Å². The number of imide groups is 1. The Hall–Kier alpha value is -3.05. The minimum Gasteiger partial charge on any atom is -0.372 e. The summed E-state index contributed by atoms with van der Waals surface area (Å²) in [6.07, 6.45) is 5.62. The molecule has 5 rings (SSSR count). The van der Waals surface area contributed by atoms with Gasteiger partial charge in [0.15, 0.2) is 0 Å². The maximum absolute atomic E-state index is 13.0. The van der Waals surface area contributed by atoms with Crippen LogP contribution in [0.5, 0.6) is 0 Å². The van der Waals surface area contributed by atoms with Gasteiger partial charge in [-0.1, -0.05) is 54.6 Å². The number of carbonyl (C=O) groups excluding carboxylic acids is 2. The first kappa shape index (κ1) is 19.9. The van der Waals surface area contributed by atoms with Crippen molar-refractivity contribution in [3.8, 4) is 0 Å². The van der Waals surface area contributed by atoms with E-state index in [1.807, 2.05) is 60.7 Å². The van der Waals surface area contributed by atoms with Gasteiger partial charge in [0.25, 0.3) is 11.1 Å². The van der Waals surface area contributed by atoms with Gasteiger partial charge in [-0.3, -0.25) is 14.5 Å². The molecule has 2 aliphatic heterocycles. The largest absolute Gasteiger partial charge is 0.372 e. The number of hydrogen-bond acceptors (Lipinski definition) is 4. The summed E-state index contributed by atoms with van der Waals surface area (Å²) in [5.41, 5.74) is 3.14. The Labute approximate surface area is 186 Å². The minimum atomic E-state index is -0.219. The van der Waals surface area contributed by atoms with Crippen LogP contribution in [0.25, 0.3) is 16.8 Å². The van der Waals surface area contributed by atoms with E-state index in [9.17, 15) is 9.59 Å². The normalized spacial score (nSPS) is 18.4. The molecule has 156 valence electrons. The third-order valence-corrected chi connectivity index (χ3v) is 6.90. The summed E-state index contributed by atoms with van der Waals surface area (Å²) in [4.78, 5) is 29.8. The van der Waals surface area contributed by atoms with Gasteiger partial charge in [-0.2, -0.15) is 0 Å². The second kappa shape index (κ2) is 8.60. The maximum atomic E-state index is 13.0. The molecule has 0 aromatic heterocycles. The van der Waals surface area contributed by atoms with E-state index in [0.29, 0.717) is 4.91 Å². The number of fused-ring (bicyclic) bond motifs is 1. The molecule has 2 aliphatic rings. The quantitative estimate of drug-likeness (QED) is 0.473. The summed E-state index contributed by atoms with van der Waals surface area (Å²) < 4.78 is 0. The summed E-state index contributed by atoms with van der Waals surface area (Å²) in [7, 11) is 0. The molecule has 0 unspecified atom stereocenters. The molecule has 31 heavy (non-hydrogen) atoms. The average Bonchev–Trinajstić information content (AvgIpc) is 3.08. The number of rotatable bonds is 4. The van der Waals surface area contributed by atoms with Gasteiger partial charge in [0, 0.05) is 18.8 Å². The fourth-order valence-corrected chi connectivity index (χ4v) is 5.16. The number of nitrogens with zero attached hydrogens (tertiary/aromatic N) is 2. The average molecular weight is 429 g/mol. The Morgan fingerprint density at radius 2 is 1.58 bits per heavy atom. The smallest absolute Gasteiger partial charge is 0.293 e. The van der Waals surface area contributed by atoms with Gasteiger partial charge in [0.2, 0.25) is 0 Å². The second-order valence-corrected chi connectivity index (χ2v) is 9.04. The van der Waals surface area contributed by atoms with Gasteiger partial charge in [0.05, 0.1) is 11.4 Å². The molecule has 0 N–H and O–H groups in total. The Morgan fingerprint density at radius 1 is 0.839 bits per heavy atom. The van der Waals surface area contributed by atoms with Crippen molar-refractivity contribution in [1.82, 2.24) is 4.90 Å². The molecule has 2 amide bonds. The summed E-state index contributed by atoms with van der Waals surface area (Å²) in [5, 5.41) is 1.96. The molecule has 2 saturated heterocycles. The van der Waals surface area contributed by atoms with E-state index < -0.39 is 0 Å². The summed E-state index contributed by atoms with van der Waals surface area (Å²) >= 11 is 1.02. The molecule has 2 fully saturated rings. The number of benzene rings is 3. The highest BCUT2D eigenvalue weighted by Crippen LogP contribution is 2.34. The molecule has 5 heteroatoms. The van der Waals surface area contributed by atoms with Gasteiger partial charge in [-0.15, -0.1) is 0 Å². The van der Waals surface area contributed by atoms with Crippen LogP contribution in [0.15, 0.2) is 71.6 Å². The minimum absolute atomic E-state index is 0.214. The van der Waals surface area contributed by atoms with E-state index in [1.165, 1.54) is 29.8 Å². The first-order chi connectivity index (χ1) is 15.2. The lowest BCUT2D eigenvalue weighted by atomic mass is 10.0. The Bertz CT molecular complexity index is 1160. The zero-order valence-corrected chi connectivity index (χ0v) is 18.1. The van der Waals surface area contributed by atoms with E-state index in [4.69, 9.17) is 0 Å². The topological polar surface area (TPSA) is 40.6 Å². The molecule has 4 nitrogen and oxygen atoms in total. The molecule has 0 radical (unpaired) electrons. The van der Waals surface area contributed by atoms with E-state index in [0.717, 1.165) is 46.8 Å². The molecule has 3 aromatic carbocycles. The van der Waals surface area contributed by atoms with Gasteiger partial charge in [-0.25, -0.2) is 0 Å². The highest BCUT2D eigenvalue weighted by atomic mass is 32.2. The van der Waals surface area contributed by atoms with Crippen LogP contribution in [0.4, 0.5) is 10.5 Å². The van der Waals surface area contributed by atoms with Gasteiger partial charge >= 0.3 is 0 Å². The van der Waals surface area contributed by atoms with Crippen LogP contribution < -0.4 is 4.90 Å². The molecule has 0 spiro atoms. The zero-order valence-electron chi connectivity index (χ0n) is 17.3. The van der Waals surface area contributed by atoms with E-state index >= 15 is 0 Å². The lowest BCUT2D eigenvalue weighted by molar-refractivity contribution is -0.123. The van der Waals surface area contributed by atoms with E-state index in [2.05, 4.69) is 17.0 Å². The fraction of sp³-hybridized carbons (Fsp3) is 0.231. The van der Waals surface area contributed by atoms with Crippen LogP contribution >= 0.6 is 11.8 Å². The van der Waals surface area contributed by atoms with Gasteiger partial charge in [-0.05, 0) is 71.1 Å². The lowest BCUT2D eigenvalue weighted by Gasteiger charge is -2.28. The SMILES string of the molecule is O=C1S/C(=C\c2ccc(N3CCCCC3)cc2)C(=O)N1Cc1cccc2ccccc12. The first-order valence-electron chi connectivity index (χ1n) is 10.8. The van der Waals surface area contributed by atoms with Crippen LogP contribution in [0.1, 0.15) is 30.4 Å². The number of amides is 2. The third-order valence-electron chi connectivity index (χ3n) is 5.99. The van der Waals surface area contributed by atoms with Crippen molar-refractivity contribution in [2.45, 2.75) is 25.8 Å².